The van der Waals surface area contributed by atoms with Crippen molar-refractivity contribution < 1.29 is 9.47 Å². The van der Waals surface area contributed by atoms with Gasteiger partial charge in [-0.25, -0.2) is 0 Å². The zero-order chi connectivity index (χ0) is 14.4. The van der Waals surface area contributed by atoms with Crippen molar-refractivity contribution in [2.45, 2.75) is 19.5 Å². The van der Waals surface area contributed by atoms with Crippen LogP contribution in [0.4, 0.5) is 0 Å². The molecule has 0 aliphatic carbocycles. The number of halogens is 1. The minimum atomic E-state index is 0.537. The fourth-order valence-electron chi connectivity index (χ4n) is 2.27. The molecule has 2 N–H and O–H groups in total. The molecule has 0 unspecified atom stereocenters. The van der Waals surface area contributed by atoms with Gasteiger partial charge in [-0.3, -0.25) is 0 Å². The van der Waals surface area contributed by atoms with Gasteiger partial charge in [-0.05, 0) is 24.1 Å². The quantitative estimate of drug-likeness (QED) is 0.762. The maximum atomic E-state index is 6.08. The van der Waals surface area contributed by atoms with E-state index in [1.165, 1.54) is 5.39 Å². The van der Waals surface area contributed by atoms with Crippen molar-refractivity contribution in [3.05, 3.63) is 35.0 Å². The molecule has 0 saturated heterocycles. The van der Waals surface area contributed by atoms with E-state index in [-0.39, 0.29) is 0 Å². The van der Waals surface area contributed by atoms with Crippen molar-refractivity contribution in [1.82, 2.24) is 4.57 Å². The summed E-state index contributed by atoms with van der Waals surface area (Å²) >= 11 is 6.08. The average molecular weight is 297 g/mol. The molecule has 110 valence electrons. The number of rotatable bonds is 8. The van der Waals surface area contributed by atoms with Crippen LogP contribution in [0.15, 0.2) is 24.4 Å². The van der Waals surface area contributed by atoms with Crippen LogP contribution in [-0.4, -0.2) is 31.5 Å². The predicted octanol–water partition coefficient (Wildman–Crippen LogP) is 2.81. The smallest absolute Gasteiger partial charge is 0.0700 e. The summed E-state index contributed by atoms with van der Waals surface area (Å²) < 4.78 is 12.6. The Kier molecular flexibility index (Phi) is 5.86. The highest BCUT2D eigenvalue weighted by Crippen LogP contribution is 2.24. The van der Waals surface area contributed by atoms with Gasteiger partial charge in [0.05, 0.1) is 13.2 Å². The highest BCUT2D eigenvalue weighted by Gasteiger charge is 2.07. The first-order valence-electron chi connectivity index (χ1n) is 6.80. The van der Waals surface area contributed by atoms with Gasteiger partial charge in [-0.1, -0.05) is 17.7 Å². The van der Waals surface area contributed by atoms with Gasteiger partial charge in [0.25, 0.3) is 0 Å². The number of nitrogens with zero attached hydrogens (tertiary/aromatic N) is 1. The SMILES string of the molecule is COCCOCCCn1cc(CN)c2ccc(Cl)cc21. The number of nitrogens with two attached hydrogens (primary N) is 1. The number of hydrogen-bond acceptors (Lipinski definition) is 3. The summed E-state index contributed by atoms with van der Waals surface area (Å²) in [4.78, 5) is 0. The number of hydrogen-bond donors (Lipinski definition) is 1. The van der Waals surface area contributed by atoms with Gasteiger partial charge in [0.15, 0.2) is 0 Å². The Morgan fingerprint density at radius 3 is 2.85 bits per heavy atom. The van der Waals surface area contributed by atoms with Gasteiger partial charge in [-0.15, -0.1) is 0 Å². The minimum Gasteiger partial charge on any atom is -0.382 e. The molecule has 5 heteroatoms. The molecule has 0 fully saturated rings. The van der Waals surface area contributed by atoms with E-state index in [1.807, 2.05) is 18.2 Å². The van der Waals surface area contributed by atoms with Gasteiger partial charge in [-0.2, -0.15) is 0 Å². The molecule has 2 rings (SSSR count). The molecular formula is C15H21ClN2O2. The Balaban J connectivity index is 2.00. The Morgan fingerprint density at radius 2 is 2.10 bits per heavy atom. The molecule has 0 spiro atoms. The van der Waals surface area contributed by atoms with Crippen LogP contribution in [0.2, 0.25) is 5.02 Å². The lowest BCUT2D eigenvalue weighted by Crippen LogP contribution is -2.06. The summed E-state index contributed by atoms with van der Waals surface area (Å²) in [7, 11) is 1.67. The fraction of sp³-hybridized carbons (Fsp3) is 0.467. The third-order valence-corrected chi connectivity index (χ3v) is 3.50. The first-order chi connectivity index (χ1) is 9.76. The van der Waals surface area contributed by atoms with E-state index in [2.05, 4.69) is 10.8 Å². The molecule has 0 aliphatic rings. The molecule has 0 saturated carbocycles. The molecule has 0 atom stereocenters. The molecule has 2 aromatic rings. The molecule has 0 radical (unpaired) electrons. The van der Waals surface area contributed by atoms with Gasteiger partial charge < -0.3 is 19.8 Å². The molecular weight excluding hydrogens is 276 g/mol. The van der Waals surface area contributed by atoms with Crippen LogP contribution in [0.5, 0.6) is 0 Å². The second kappa shape index (κ2) is 7.64. The highest BCUT2D eigenvalue weighted by molar-refractivity contribution is 6.31. The van der Waals surface area contributed by atoms with Gasteiger partial charge >= 0.3 is 0 Å². The number of methoxy groups -OCH3 is 1. The summed E-state index contributed by atoms with van der Waals surface area (Å²) in [5.74, 6) is 0. The Morgan fingerprint density at radius 1 is 1.25 bits per heavy atom. The van der Waals surface area contributed by atoms with Crippen LogP contribution >= 0.6 is 11.6 Å². The zero-order valence-electron chi connectivity index (χ0n) is 11.8. The second-order valence-electron chi connectivity index (χ2n) is 4.67. The van der Waals surface area contributed by atoms with E-state index in [4.69, 9.17) is 26.8 Å². The molecule has 1 aromatic heterocycles. The first kappa shape index (κ1) is 15.3. The molecule has 20 heavy (non-hydrogen) atoms. The lowest BCUT2D eigenvalue weighted by atomic mass is 10.2. The van der Waals surface area contributed by atoms with Crippen LogP contribution in [0.3, 0.4) is 0 Å². The van der Waals surface area contributed by atoms with Crippen molar-refractivity contribution in [2.24, 2.45) is 5.73 Å². The Hall–Kier alpha value is -1.07. The van der Waals surface area contributed by atoms with E-state index in [1.54, 1.807) is 7.11 Å². The number of aromatic nitrogens is 1. The van der Waals surface area contributed by atoms with Crippen molar-refractivity contribution in [1.29, 1.82) is 0 Å². The average Bonchev–Trinajstić information content (AvgIpc) is 2.80. The summed E-state index contributed by atoms with van der Waals surface area (Å²) in [5.41, 5.74) is 8.08. The van der Waals surface area contributed by atoms with Crippen LogP contribution in [0, 0.1) is 0 Å². The maximum Gasteiger partial charge on any atom is 0.0700 e. The molecule has 1 heterocycles. The summed E-state index contributed by atoms with van der Waals surface area (Å²) in [6, 6.07) is 5.93. The van der Waals surface area contributed by atoms with Crippen molar-refractivity contribution in [2.75, 3.05) is 26.9 Å². The summed E-state index contributed by atoms with van der Waals surface area (Å²) in [6.07, 6.45) is 3.06. The van der Waals surface area contributed by atoms with E-state index < -0.39 is 0 Å². The van der Waals surface area contributed by atoms with E-state index in [0.717, 1.165) is 35.7 Å². The monoisotopic (exact) mass is 296 g/mol. The molecule has 0 aliphatic heterocycles. The number of ether oxygens (including phenoxy) is 2. The molecule has 4 nitrogen and oxygen atoms in total. The predicted molar refractivity (Wildman–Crippen MR) is 82.2 cm³/mol. The lowest BCUT2D eigenvalue weighted by molar-refractivity contribution is 0.0681. The molecule has 0 bridgehead atoms. The van der Waals surface area contributed by atoms with Crippen LogP contribution in [0.25, 0.3) is 10.9 Å². The maximum absolute atomic E-state index is 6.08. The van der Waals surface area contributed by atoms with Gasteiger partial charge in [0, 0.05) is 48.9 Å². The normalized spacial score (nSPS) is 11.3. The summed E-state index contributed by atoms with van der Waals surface area (Å²) in [5, 5.41) is 1.92. The Bertz CT molecular complexity index is 554. The number of aryl methyl sites for hydroxylation is 1. The van der Waals surface area contributed by atoms with Crippen molar-refractivity contribution in [3.8, 4) is 0 Å². The zero-order valence-corrected chi connectivity index (χ0v) is 12.5. The third-order valence-electron chi connectivity index (χ3n) is 3.27. The molecule has 0 amide bonds. The third kappa shape index (κ3) is 3.73. The van der Waals surface area contributed by atoms with E-state index in [9.17, 15) is 0 Å². The Labute approximate surface area is 124 Å². The van der Waals surface area contributed by atoms with Crippen molar-refractivity contribution in [3.63, 3.8) is 0 Å². The topological polar surface area (TPSA) is 49.4 Å². The van der Waals surface area contributed by atoms with Crippen molar-refractivity contribution >= 4 is 22.5 Å². The fourth-order valence-corrected chi connectivity index (χ4v) is 2.44. The summed E-state index contributed by atoms with van der Waals surface area (Å²) in [6.45, 7) is 3.43. The standard InChI is InChI=1S/C15H21ClN2O2/c1-19-7-8-20-6-2-5-18-11-12(10-17)14-4-3-13(16)9-15(14)18/h3-4,9,11H,2,5-8,10,17H2,1H3. The van der Waals surface area contributed by atoms with Gasteiger partial charge in [0.2, 0.25) is 0 Å². The lowest BCUT2D eigenvalue weighted by Gasteiger charge is -2.06. The van der Waals surface area contributed by atoms with Crippen LogP contribution in [-0.2, 0) is 22.6 Å². The van der Waals surface area contributed by atoms with Crippen LogP contribution < -0.4 is 5.73 Å². The van der Waals surface area contributed by atoms with Gasteiger partial charge in [0.1, 0.15) is 0 Å². The van der Waals surface area contributed by atoms with Crippen LogP contribution in [0.1, 0.15) is 12.0 Å². The van der Waals surface area contributed by atoms with E-state index in [0.29, 0.717) is 19.8 Å². The van der Waals surface area contributed by atoms with E-state index >= 15 is 0 Å². The first-order valence-corrected chi connectivity index (χ1v) is 7.18. The largest absolute Gasteiger partial charge is 0.382 e. The second-order valence-corrected chi connectivity index (χ2v) is 5.11. The minimum absolute atomic E-state index is 0.537. The molecule has 1 aromatic carbocycles. The number of fused-ring (bicyclic) bond motifs is 1. The number of benzene rings is 1. The highest BCUT2D eigenvalue weighted by atomic mass is 35.5.